The predicted molar refractivity (Wildman–Crippen MR) is 51.1 cm³/mol. The number of hydrogen-bond acceptors (Lipinski definition) is 2. The molecule has 1 N–H and O–H groups in total. The van der Waals surface area contributed by atoms with Gasteiger partial charge < -0.3 is 10.5 Å². The number of hydrogen-bond donors (Lipinski definition) is 1. The van der Waals surface area contributed by atoms with Crippen LogP contribution in [-0.2, 0) is 0 Å². The molecule has 0 radical (unpaired) electrons. The highest BCUT2D eigenvalue weighted by molar-refractivity contribution is 5.79. The molecular weight excluding hydrogens is 180 g/mol. The van der Waals surface area contributed by atoms with Crippen LogP contribution in [0.5, 0.6) is 0 Å². The van der Waals surface area contributed by atoms with Crippen LogP contribution in [0, 0.1) is 0 Å². The lowest BCUT2D eigenvalue weighted by molar-refractivity contribution is 0.00419. The molecule has 0 unspecified atom stereocenters. The van der Waals surface area contributed by atoms with Crippen molar-refractivity contribution in [1.82, 2.24) is 9.97 Å². The van der Waals surface area contributed by atoms with Gasteiger partial charge in [0.05, 0.1) is 11.0 Å². The molecule has 0 saturated carbocycles. The summed E-state index contributed by atoms with van der Waals surface area (Å²) in [4.78, 5) is 20.7. The zero-order valence-electron chi connectivity index (χ0n) is 7.14. The quantitative estimate of drug-likeness (QED) is 0.401. The molecule has 0 aliphatic carbocycles. The molecule has 0 saturated heterocycles. The van der Waals surface area contributed by atoms with Gasteiger partial charge in [0, 0.05) is 0 Å². The Morgan fingerprint density at radius 3 is 3.00 bits per heavy atom. The van der Waals surface area contributed by atoms with Gasteiger partial charge >= 0.3 is 6.21 Å². The number of H-pyrrole nitrogens is 1. The summed E-state index contributed by atoms with van der Waals surface area (Å²) in [5.74, 6) is 0. The average molecular weight is 186 g/mol. The van der Waals surface area contributed by atoms with Crippen LogP contribution < -0.4 is 5.56 Å². The van der Waals surface area contributed by atoms with Crippen molar-refractivity contribution in [2.24, 2.45) is 0 Å². The molecule has 0 aliphatic rings. The fourth-order valence-corrected chi connectivity index (χ4v) is 1.19. The highest BCUT2D eigenvalue weighted by Crippen LogP contribution is 2.04. The minimum Gasteiger partial charge on any atom is -0.361 e. The number of para-hydroxylation sites is 2. The Morgan fingerprint density at radius 1 is 1.43 bits per heavy atom. The van der Waals surface area contributed by atoms with Crippen molar-refractivity contribution in [2.45, 2.75) is 0 Å². The van der Waals surface area contributed by atoms with E-state index in [1.165, 1.54) is 0 Å². The smallest absolute Gasteiger partial charge is 0.311 e. The van der Waals surface area contributed by atoms with Crippen molar-refractivity contribution >= 4 is 17.2 Å². The van der Waals surface area contributed by atoms with Crippen LogP contribution in [0.15, 0.2) is 29.1 Å². The van der Waals surface area contributed by atoms with Crippen LogP contribution in [0.1, 0.15) is 5.69 Å². The fraction of sp³-hybridized carbons (Fsp3) is 0. The van der Waals surface area contributed by atoms with Crippen LogP contribution in [0.3, 0.4) is 0 Å². The van der Waals surface area contributed by atoms with E-state index in [4.69, 9.17) is 5.53 Å². The molecule has 0 spiro atoms. The topological polar surface area (TPSA) is 82.2 Å². The second-order valence-electron chi connectivity index (χ2n) is 2.71. The Bertz CT molecular complexity index is 581. The first-order valence-electron chi connectivity index (χ1n) is 3.98. The zero-order chi connectivity index (χ0) is 9.97. The third-order valence-corrected chi connectivity index (χ3v) is 1.81. The molecule has 5 nitrogen and oxygen atoms in total. The van der Waals surface area contributed by atoms with Crippen LogP contribution in [0.25, 0.3) is 16.6 Å². The van der Waals surface area contributed by atoms with Crippen molar-refractivity contribution in [2.75, 3.05) is 0 Å². The van der Waals surface area contributed by atoms with Gasteiger partial charge in [-0.2, -0.15) is 4.79 Å². The van der Waals surface area contributed by atoms with Crippen molar-refractivity contribution in [3.05, 3.63) is 45.8 Å². The summed E-state index contributed by atoms with van der Waals surface area (Å²) in [5, 5.41) is 0. The lowest BCUT2D eigenvalue weighted by atomic mass is 10.3. The predicted octanol–water partition coefficient (Wildman–Crippen LogP) is 0.572. The van der Waals surface area contributed by atoms with Gasteiger partial charge in [-0.05, 0) is 12.1 Å². The monoisotopic (exact) mass is 186 g/mol. The van der Waals surface area contributed by atoms with E-state index in [9.17, 15) is 4.79 Å². The highest BCUT2D eigenvalue weighted by Gasteiger charge is 2.04. The first-order valence-corrected chi connectivity index (χ1v) is 3.98. The van der Waals surface area contributed by atoms with Gasteiger partial charge in [0.1, 0.15) is 0 Å². The van der Waals surface area contributed by atoms with Gasteiger partial charge in [0.2, 0.25) is 5.69 Å². The molecule has 2 rings (SSSR count). The number of benzene rings is 1. The lowest BCUT2D eigenvalue weighted by Crippen LogP contribution is -2.14. The largest absolute Gasteiger partial charge is 0.361 e. The van der Waals surface area contributed by atoms with Crippen LogP contribution in [0.2, 0.25) is 0 Å². The number of aromatic amines is 1. The maximum absolute atomic E-state index is 11.3. The van der Waals surface area contributed by atoms with Gasteiger partial charge in [-0.25, -0.2) is 4.98 Å². The Hall–Kier alpha value is -2.26. The van der Waals surface area contributed by atoms with E-state index in [1.807, 2.05) is 6.07 Å². The molecular formula is C9H6N4O. The van der Waals surface area contributed by atoms with Crippen LogP contribution in [0.4, 0.5) is 0 Å². The first-order chi connectivity index (χ1) is 6.81. The van der Waals surface area contributed by atoms with Crippen molar-refractivity contribution < 1.29 is 4.79 Å². The van der Waals surface area contributed by atoms with Crippen LogP contribution in [-0.4, -0.2) is 21.0 Å². The van der Waals surface area contributed by atoms with E-state index < -0.39 is 0 Å². The maximum atomic E-state index is 11.3. The molecule has 1 heterocycles. The molecule has 14 heavy (non-hydrogen) atoms. The minimum atomic E-state index is -0.374. The summed E-state index contributed by atoms with van der Waals surface area (Å²) in [7, 11) is 0. The van der Waals surface area contributed by atoms with Gasteiger partial charge in [-0.15, -0.1) is 0 Å². The molecule has 0 amide bonds. The molecule has 1 aromatic heterocycles. The molecule has 0 aliphatic heterocycles. The number of fused-ring (bicyclic) bond motifs is 1. The molecule has 2 aromatic rings. The van der Waals surface area contributed by atoms with E-state index in [2.05, 4.69) is 14.8 Å². The number of rotatable bonds is 1. The highest BCUT2D eigenvalue weighted by atomic mass is 16.1. The summed E-state index contributed by atoms with van der Waals surface area (Å²) >= 11 is 0. The Balaban J connectivity index is 2.83. The normalized spacial score (nSPS) is 9.71. The lowest BCUT2D eigenvalue weighted by Gasteiger charge is -1.94. The minimum absolute atomic E-state index is 0.0891. The second kappa shape index (κ2) is 3.24. The third-order valence-electron chi connectivity index (χ3n) is 1.81. The van der Waals surface area contributed by atoms with E-state index >= 15 is 0 Å². The van der Waals surface area contributed by atoms with Crippen molar-refractivity contribution in [1.29, 1.82) is 0 Å². The Labute approximate surface area is 78.7 Å². The fourth-order valence-electron chi connectivity index (χ4n) is 1.19. The zero-order valence-corrected chi connectivity index (χ0v) is 7.14. The summed E-state index contributed by atoms with van der Waals surface area (Å²) in [6.45, 7) is 0. The first kappa shape index (κ1) is 8.34. The molecule has 1 aromatic carbocycles. The Kier molecular flexibility index (Phi) is 1.93. The SMILES string of the molecule is [N-]=[N+]=Cc1nc2ccccc2[nH]c1=O. The van der Waals surface area contributed by atoms with E-state index in [-0.39, 0.29) is 11.3 Å². The van der Waals surface area contributed by atoms with Gasteiger partial charge in [-0.3, -0.25) is 4.79 Å². The molecule has 0 atom stereocenters. The van der Waals surface area contributed by atoms with Crippen molar-refractivity contribution in [3.8, 4) is 0 Å². The van der Waals surface area contributed by atoms with Gasteiger partial charge in [-0.1, -0.05) is 12.1 Å². The Morgan fingerprint density at radius 2 is 2.21 bits per heavy atom. The maximum Gasteiger partial charge on any atom is 0.311 e. The summed E-state index contributed by atoms with van der Waals surface area (Å²) in [6.07, 6.45) is 1.01. The number of nitrogens with zero attached hydrogens (tertiary/aromatic N) is 3. The molecule has 0 bridgehead atoms. The summed E-state index contributed by atoms with van der Waals surface area (Å²) in [6, 6.07) is 7.14. The van der Waals surface area contributed by atoms with E-state index in [0.717, 1.165) is 6.21 Å². The van der Waals surface area contributed by atoms with E-state index in [1.54, 1.807) is 18.2 Å². The van der Waals surface area contributed by atoms with Crippen molar-refractivity contribution in [3.63, 3.8) is 0 Å². The van der Waals surface area contributed by atoms with Crippen LogP contribution >= 0.6 is 0 Å². The summed E-state index contributed by atoms with van der Waals surface area (Å²) < 4.78 is 0. The molecule has 68 valence electrons. The molecule has 0 fully saturated rings. The summed E-state index contributed by atoms with van der Waals surface area (Å²) in [5.41, 5.74) is 9.32. The number of nitrogens with one attached hydrogen (secondary N) is 1. The molecule has 5 heteroatoms. The van der Waals surface area contributed by atoms with Gasteiger partial charge in [0.25, 0.3) is 5.56 Å². The standard InChI is InChI=1S/C9H6N4O/c10-11-5-8-9(14)13-7-4-2-1-3-6(7)12-8/h1-5H,(H,13,14). The van der Waals surface area contributed by atoms with Gasteiger partial charge in [0.15, 0.2) is 0 Å². The number of aromatic nitrogens is 2. The third kappa shape index (κ3) is 1.32. The average Bonchev–Trinajstić information content (AvgIpc) is 2.19. The second-order valence-corrected chi connectivity index (χ2v) is 2.71. The van der Waals surface area contributed by atoms with E-state index in [0.29, 0.717) is 11.0 Å².